The van der Waals surface area contributed by atoms with Gasteiger partial charge in [0.15, 0.2) is 18.9 Å². The van der Waals surface area contributed by atoms with E-state index in [9.17, 15) is 61.0 Å². The molecule has 0 radical (unpaired) electrons. The molecule has 0 aromatic rings. The van der Waals surface area contributed by atoms with Crippen LogP contribution >= 0.6 is 0 Å². The number of allylic oxidation sites excluding steroid dienone is 1. The van der Waals surface area contributed by atoms with Crippen molar-refractivity contribution >= 4 is 5.91 Å². The number of aliphatic hydroxyl groups is 11. The molecule has 19 heteroatoms. The number of aliphatic hydroxyl groups excluding tert-OH is 11. The molecule has 3 aliphatic rings. The molecule has 0 spiro atoms. The van der Waals surface area contributed by atoms with Crippen molar-refractivity contribution < 1.29 is 89.4 Å². The van der Waals surface area contributed by atoms with Crippen LogP contribution in [0, 0.1) is 0 Å². The SMILES string of the molecule is CCCCCCCCCCCCCCCC/C=C/C(O)C(COC1OC(CO)C(OC2OC(CO)C(OC3OC(CO)C(O)C(O)C3O)C(O)C2O)C(O)C1O)NC(=O)CCCCCCCCCCCCCCC. The first-order valence-corrected chi connectivity index (χ1v) is 28.9. The predicted octanol–water partition coefficient (Wildman–Crippen LogP) is 4.21. The third-order valence-electron chi connectivity index (χ3n) is 14.8. The molecule has 3 aliphatic heterocycles. The molecule has 3 heterocycles. The summed E-state index contributed by atoms with van der Waals surface area (Å²) in [5.41, 5.74) is 0. The van der Waals surface area contributed by atoms with E-state index in [2.05, 4.69) is 19.2 Å². The molecule has 0 saturated carbocycles. The van der Waals surface area contributed by atoms with E-state index >= 15 is 0 Å². The topological polar surface area (TPSA) is 307 Å². The number of unbranched alkanes of at least 4 members (excludes halogenated alkanes) is 26. The van der Waals surface area contributed by atoms with Gasteiger partial charge in [0.05, 0.1) is 38.6 Å². The van der Waals surface area contributed by atoms with Crippen LogP contribution in [0.15, 0.2) is 12.2 Å². The lowest BCUT2D eigenvalue weighted by Crippen LogP contribution is -2.66. The molecule has 17 unspecified atom stereocenters. The highest BCUT2D eigenvalue weighted by molar-refractivity contribution is 5.76. The first kappa shape index (κ1) is 66.8. The monoisotopic (exact) mass is 1070 g/mol. The van der Waals surface area contributed by atoms with Gasteiger partial charge in [0, 0.05) is 6.42 Å². The molecule has 436 valence electrons. The van der Waals surface area contributed by atoms with Crippen molar-refractivity contribution in [1.29, 1.82) is 0 Å². The number of rotatable bonds is 42. The first-order chi connectivity index (χ1) is 35.8. The smallest absolute Gasteiger partial charge is 0.220 e. The Labute approximate surface area is 442 Å². The van der Waals surface area contributed by atoms with Crippen LogP contribution in [0.1, 0.15) is 200 Å². The minimum Gasteiger partial charge on any atom is -0.394 e. The van der Waals surface area contributed by atoms with Crippen molar-refractivity contribution in [2.45, 2.75) is 304 Å². The zero-order valence-corrected chi connectivity index (χ0v) is 45.1. The molecule has 0 aromatic heterocycles. The maximum absolute atomic E-state index is 13.3. The third-order valence-corrected chi connectivity index (χ3v) is 14.8. The molecule has 74 heavy (non-hydrogen) atoms. The molecule has 17 atom stereocenters. The fourth-order valence-electron chi connectivity index (χ4n) is 10.0. The quantitative estimate of drug-likeness (QED) is 0.0301. The number of hydrogen-bond donors (Lipinski definition) is 12. The fourth-order valence-corrected chi connectivity index (χ4v) is 10.0. The van der Waals surface area contributed by atoms with E-state index in [4.69, 9.17) is 28.4 Å². The van der Waals surface area contributed by atoms with Crippen LogP contribution in [0.25, 0.3) is 0 Å². The van der Waals surface area contributed by atoms with Gasteiger partial charge in [-0.25, -0.2) is 0 Å². The third kappa shape index (κ3) is 24.3. The van der Waals surface area contributed by atoms with Crippen LogP contribution in [0.2, 0.25) is 0 Å². The van der Waals surface area contributed by atoms with Gasteiger partial charge in [-0.2, -0.15) is 0 Å². The maximum atomic E-state index is 13.3. The summed E-state index contributed by atoms with van der Waals surface area (Å²) in [5, 5.41) is 120. The van der Waals surface area contributed by atoms with E-state index in [0.29, 0.717) is 6.42 Å². The molecule has 3 saturated heterocycles. The van der Waals surface area contributed by atoms with Gasteiger partial charge in [0.1, 0.15) is 73.2 Å². The van der Waals surface area contributed by atoms with Gasteiger partial charge in [-0.3, -0.25) is 4.79 Å². The molecular weight excluding hydrogens is 963 g/mol. The second-order valence-electron chi connectivity index (χ2n) is 21.1. The Morgan fingerprint density at radius 1 is 0.473 bits per heavy atom. The number of carbonyl (C=O) groups excluding carboxylic acids is 1. The van der Waals surface area contributed by atoms with Gasteiger partial charge < -0.3 is 89.9 Å². The first-order valence-electron chi connectivity index (χ1n) is 28.9. The van der Waals surface area contributed by atoms with Crippen molar-refractivity contribution in [3.8, 4) is 0 Å². The number of nitrogens with one attached hydrogen (secondary N) is 1. The van der Waals surface area contributed by atoms with Gasteiger partial charge in [0.2, 0.25) is 5.91 Å². The Kier molecular flexibility index (Phi) is 35.9. The maximum Gasteiger partial charge on any atom is 0.220 e. The highest BCUT2D eigenvalue weighted by atomic mass is 16.8. The van der Waals surface area contributed by atoms with Gasteiger partial charge in [-0.15, -0.1) is 0 Å². The number of carbonyl (C=O) groups is 1. The number of amides is 1. The van der Waals surface area contributed by atoms with Crippen LogP contribution < -0.4 is 5.32 Å². The van der Waals surface area contributed by atoms with E-state index in [1.165, 1.54) is 128 Å². The van der Waals surface area contributed by atoms with E-state index in [1.54, 1.807) is 6.08 Å². The summed E-state index contributed by atoms with van der Waals surface area (Å²) in [7, 11) is 0. The summed E-state index contributed by atoms with van der Waals surface area (Å²) in [4.78, 5) is 13.3. The van der Waals surface area contributed by atoms with Crippen molar-refractivity contribution in [3.63, 3.8) is 0 Å². The molecule has 0 bridgehead atoms. The Hall–Kier alpha value is -1.47. The number of hydrogen-bond acceptors (Lipinski definition) is 18. The number of ether oxygens (including phenoxy) is 6. The van der Waals surface area contributed by atoms with Gasteiger partial charge in [-0.05, 0) is 19.3 Å². The summed E-state index contributed by atoms with van der Waals surface area (Å²) in [6, 6.07) is -0.965. The van der Waals surface area contributed by atoms with Crippen molar-refractivity contribution in [1.82, 2.24) is 5.32 Å². The zero-order valence-electron chi connectivity index (χ0n) is 45.1. The summed E-state index contributed by atoms with van der Waals surface area (Å²) < 4.78 is 34.2. The Morgan fingerprint density at radius 3 is 1.27 bits per heavy atom. The molecule has 3 rings (SSSR count). The molecular formula is C55H103NO18. The zero-order chi connectivity index (χ0) is 54.1. The molecule has 3 fully saturated rings. The van der Waals surface area contributed by atoms with E-state index in [1.807, 2.05) is 6.08 Å². The molecule has 12 N–H and O–H groups in total. The van der Waals surface area contributed by atoms with Crippen LogP contribution in [-0.4, -0.2) is 193 Å². The second kappa shape index (κ2) is 39.8. The lowest BCUT2D eigenvalue weighted by molar-refractivity contribution is -0.379. The van der Waals surface area contributed by atoms with Gasteiger partial charge in [0.25, 0.3) is 0 Å². The Morgan fingerprint density at radius 2 is 0.838 bits per heavy atom. The second-order valence-corrected chi connectivity index (χ2v) is 21.1. The lowest BCUT2D eigenvalue weighted by Gasteiger charge is -2.48. The largest absolute Gasteiger partial charge is 0.394 e. The molecule has 0 aromatic carbocycles. The highest BCUT2D eigenvalue weighted by Crippen LogP contribution is 2.33. The van der Waals surface area contributed by atoms with Crippen molar-refractivity contribution in [2.75, 3.05) is 26.4 Å². The van der Waals surface area contributed by atoms with E-state index in [0.717, 1.165) is 44.9 Å². The molecule has 1 amide bonds. The summed E-state index contributed by atoms with van der Waals surface area (Å²) >= 11 is 0. The Bertz CT molecular complexity index is 1410. The standard InChI is InChI=1S/C55H103NO18/c1-3-5-7-9-11-13-15-17-18-19-21-22-24-26-28-30-32-39(60)38(56-43(61)33-31-29-27-25-23-20-16-14-12-10-8-6-4-2)37-69-53-49(67)46(64)51(41(35-58)71-53)74-55-50(68)47(65)52(42(36-59)72-55)73-54-48(66)45(63)44(62)40(34-57)70-54/h30,32,38-42,44-55,57-60,62-68H,3-29,31,33-37H2,1-2H3,(H,56,61)/b32-30+. The Balaban J connectivity index is 1.53. The normalized spacial score (nSPS) is 31.5. The average molecular weight is 1070 g/mol. The minimum absolute atomic E-state index is 0.248. The molecule has 19 nitrogen and oxygen atoms in total. The summed E-state index contributed by atoms with van der Waals surface area (Å²) in [5.74, 6) is -0.275. The average Bonchev–Trinajstić information content (AvgIpc) is 3.40. The van der Waals surface area contributed by atoms with Gasteiger partial charge in [-0.1, -0.05) is 187 Å². The minimum atomic E-state index is -1.97. The van der Waals surface area contributed by atoms with E-state index < -0.39 is 124 Å². The van der Waals surface area contributed by atoms with E-state index in [-0.39, 0.29) is 18.9 Å². The predicted molar refractivity (Wildman–Crippen MR) is 277 cm³/mol. The van der Waals surface area contributed by atoms with Crippen LogP contribution in [0.5, 0.6) is 0 Å². The lowest BCUT2D eigenvalue weighted by atomic mass is 9.96. The van der Waals surface area contributed by atoms with Crippen LogP contribution in [0.3, 0.4) is 0 Å². The van der Waals surface area contributed by atoms with Gasteiger partial charge >= 0.3 is 0 Å². The van der Waals surface area contributed by atoms with Crippen molar-refractivity contribution in [3.05, 3.63) is 12.2 Å². The van der Waals surface area contributed by atoms with Crippen LogP contribution in [0.4, 0.5) is 0 Å². The van der Waals surface area contributed by atoms with Crippen molar-refractivity contribution in [2.24, 2.45) is 0 Å². The highest BCUT2D eigenvalue weighted by Gasteiger charge is 2.53. The summed E-state index contributed by atoms with van der Waals surface area (Å²) in [6.45, 7) is 1.71. The van der Waals surface area contributed by atoms with Crippen LogP contribution in [-0.2, 0) is 33.2 Å². The molecule has 0 aliphatic carbocycles. The fraction of sp³-hybridized carbons (Fsp3) is 0.945. The summed E-state index contributed by atoms with van der Waals surface area (Å²) in [6.07, 6.45) is 10.5.